The normalized spacial score (nSPS) is 9.90. The van der Waals surface area contributed by atoms with E-state index in [1.165, 1.54) is 0 Å². The zero-order chi connectivity index (χ0) is 15.0. The van der Waals surface area contributed by atoms with Gasteiger partial charge in [0.1, 0.15) is 5.75 Å². The van der Waals surface area contributed by atoms with Crippen molar-refractivity contribution in [1.82, 2.24) is 10.6 Å². The molecule has 0 aromatic heterocycles. The molecule has 3 N–H and O–H groups in total. The molecule has 0 saturated carbocycles. The number of ether oxygens (including phenoxy) is 1. The first-order chi connectivity index (χ1) is 9.50. The Kier molecular flexibility index (Phi) is 6.36. The van der Waals surface area contributed by atoms with Crippen LogP contribution in [0.15, 0.2) is 18.2 Å². The molecule has 6 nitrogen and oxygen atoms in total. The third-order valence-corrected chi connectivity index (χ3v) is 2.87. The molecule has 0 unspecified atom stereocenters. The van der Waals surface area contributed by atoms with Crippen molar-refractivity contribution in [2.24, 2.45) is 0 Å². The number of amides is 2. The number of carbonyl (C=O) groups excluding carboxylic acids is 1. The van der Waals surface area contributed by atoms with Crippen molar-refractivity contribution in [3.63, 3.8) is 0 Å². The zero-order valence-electron chi connectivity index (χ0n) is 11.7. The van der Waals surface area contributed by atoms with E-state index in [9.17, 15) is 9.59 Å². The van der Waals surface area contributed by atoms with E-state index in [1.807, 2.05) is 32.0 Å². The second-order valence-electron chi connectivity index (χ2n) is 4.42. The molecule has 0 bridgehead atoms. The molecule has 0 saturated heterocycles. The van der Waals surface area contributed by atoms with Gasteiger partial charge in [-0.15, -0.1) is 0 Å². The summed E-state index contributed by atoms with van der Waals surface area (Å²) in [5, 5.41) is 13.5. The fourth-order valence-corrected chi connectivity index (χ4v) is 1.56. The smallest absolute Gasteiger partial charge is 0.317 e. The van der Waals surface area contributed by atoms with Crippen LogP contribution in [0.5, 0.6) is 5.75 Å². The molecule has 1 aromatic carbocycles. The highest BCUT2D eigenvalue weighted by Gasteiger charge is 2.03. The van der Waals surface area contributed by atoms with E-state index >= 15 is 0 Å². The van der Waals surface area contributed by atoms with E-state index in [4.69, 9.17) is 9.84 Å². The van der Waals surface area contributed by atoms with Crippen molar-refractivity contribution in [2.75, 3.05) is 13.3 Å². The molecule has 0 atom stereocenters. The average Bonchev–Trinajstić information content (AvgIpc) is 2.39. The molecule has 0 aliphatic heterocycles. The Hall–Kier alpha value is -2.24. The number of benzene rings is 1. The quantitative estimate of drug-likeness (QED) is 0.525. The Morgan fingerprint density at radius 2 is 2.00 bits per heavy atom. The molecule has 1 rings (SSSR count). The lowest BCUT2D eigenvalue weighted by Crippen LogP contribution is -2.38. The summed E-state index contributed by atoms with van der Waals surface area (Å²) in [7, 11) is 0. The van der Waals surface area contributed by atoms with E-state index in [1.54, 1.807) is 0 Å². The van der Waals surface area contributed by atoms with Crippen LogP contribution >= 0.6 is 0 Å². The molecule has 0 radical (unpaired) electrons. The predicted molar refractivity (Wildman–Crippen MR) is 74.8 cm³/mol. The number of carboxylic acids is 1. The molecule has 110 valence electrons. The zero-order valence-corrected chi connectivity index (χ0v) is 11.7. The van der Waals surface area contributed by atoms with Gasteiger partial charge in [0.15, 0.2) is 6.73 Å². The molecule has 0 aliphatic carbocycles. The van der Waals surface area contributed by atoms with Crippen molar-refractivity contribution in [1.29, 1.82) is 0 Å². The van der Waals surface area contributed by atoms with Gasteiger partial charge >= 0.3 is 12.0 Å². The Morgan fingerprint density at radius 1 is 1.25 bits per heavy atom. The van der Waals surface area contributed by atoms with Crippen LogP contribution < -0.4 is 15.4 Å². The van der Waals surface area contributed by atoms with Gasteiger partial charge in [-0.2, -0.15) is 0 Å². The lowest BCUT2D eigenvalue weighted by Gasteiger charge is -2.12. The number of aliphatic carboxylic acids is 1. The summed E-state index contributed by atoms with van der Waals surface area (Å²) in [6.45, 7) is 4.33. The van der Waals surface area contributed by atoms with Gasteiger partial charge in [-0.1, -0.05) is 12.1 Å². The highest BCUT2D eigenvalue weighted by Crippen LogP contribution is 2.19. The van der Waals surface area contributed by atoms with E-state index < -0.39 is 5.97 Å². The summed E-state index contributed by atoms with van der Waals surface area (Å²) in [6.07, 6.45) is 0.444. The van der Waals surface area contributed by atoms with Crippen LogP contribution in [0.25, 0.3) is 0 Å². The molecule has 6 heteroatoms. The largest absolute Gasteiger partial charge is 0.481 e. The van der Waals surface area contributed by atoms with Crippen LogP contribution in [0.4, 0.5) is 4.79 Å². The number of hydrogen-bond acceptors (Lipinski definition) is 3. The molecule has 0 spiro atoms. The van der Waals surface area contributed by atoms with Crippen LogP contribution in [-0.2, 0) is 4.79 Å². The average molecular weight is 280 g/mol. The molecule has 2 amide bonds. The van der Waals surface area contributed by atoms with Crippen LogP contribution in [0.3, 0.4) is 0 Å². The maximum absolute atomic E-state index is 11.4. The Bertz CT molecular complexity index is 474. The SMILES string of the molecule is Cc1cccc(OCNC(=O)NCCCC(=O)O)c1C. The van der Waals surface area contributed by atoms with Crippen molar-refractivity contribution >= 4 is 12.0 Å². The summed E-state index contributed by atoms with van der Waals surface area (Å²) >= 11 is 0. The highest BCUT2D eigenvalue weighted by molar-refractivity contribution is 5.73. The van der Waals surface area contributed by atoms with E-state index in [2.05, 4.69) is 10.6 Å². The molecule has 0 heterocycles. The number of aryl methyl sites for hydroxylation is 1. The minimum atomic E-state index is -0.870. The summed E-state index contributed by atoms with van der Waals surface area (Å²) in [5.41, 5.74) is 2.16. The minimum absolute atomic E-state index is 0.0409. The monoisotopic (exact) mass is 280 g/mol. The Balaban J connectivity index is 2.22. The fraction of sp³-hybridized carbons (Fsp3) is 0.429. The first-order valence-corrected chi connectivity index (χ1v) is 6.43. The number of carboxylic acid groups (broad SMARTS) is 1. The predicted octanol–water partition coefficient (Wildman–Crippen LogP) is 1.80. The number of urea groups is 1. The highest BCUT2D eigenvalue weighted by atomic mass is 16.5. The maximum atomic E-state index is 11.4. The van der Waals surface area contributed by atoms with Gasteiger partial charge in [0, 0.05) is 13.0 Å². The number of hydrogen-bond donors (Lipinski definition) is 3. The van der Waals surface area contributed by atoms with Crippen molar-refractivity contribution in [2.45, 2.75) is 26.7 Å². The van der Waals surface area contributed by atoms with E-state index in [0.717, 1.165) is 16.9 Å². The summed E-state index contributed by atoms with van der Waals surface area (Å²) in [5.74, 6) is -0.137. The molecule has 20 heavy (non-hydrogen) atoms. The van der Waals surface area contributed by atoms with Crippen LogP contribution in [0.1, 0.15) is 24.0 Å². The van der Waals surface area contributed by atoms with Gasteiger partial charge in [-0.25, -0.2) is 4.79 Å². The standard InChI is InChI=1S/C14H20N2O4/c1-10-5-3-6-12(11(10)2)20-9-16-14(19)15-8-4-7-13(17)18/h3,5-6H,4,7-9H2,1-2H3,(H,17,18)(H2,15,16,19). The van der Waals surface area contributed by atoms with Crippen LogP contribution in [-0.4, -0.2) is 30.4 Å². The third kappa shape index (κ3) is 5.60. The Morgan fingerprint density at radius 3 is 2.70 bits per heavy atom. The molecular formula is C14H20N2O4. The van der Waals surface area contributed by atoms with Gasteiger partial charge in [0.05, 0.1) is 0 Å². The first-order valence-electron chi connectivity index (χ1n) is 6.43. The lowest BCUT2D eigenvalue weighted by molar-refractivity contribution is -0.137. The number of nitrogens with one attached hydrogen (secondary N) is 2. The second-order valence-corrected chi connectivity index (χ2v) is 4.42. The lowest BCUT2D eigenvalue weighted by atomic mass is 10.1. The fourth-order valence-electron chi connectivity index (χ4n) is 1.56. The van der Waals surface area contributed by atoms with Crippen molar-refractivity contribution in [3.8, 4) is 5.75 Å². The van der Waals surface area contributed by atoms with Crippen LogP contribution in [0, 0.1) is 13.8 Å². The first kappa shape index (κ1) is 15.8. The molecule has 0 aliphatic rings. The van der Waals surface area contributed by atoms with Gasteiger partial charge in [0.25, 0.3) is 0 Å². The summed E-state index contributed by atoms with van der Waals surface area (Å²) < 4.78 is 5.47. The second kappa shape index (κ2) is 8.04. The van der Waals surface area contributed by atoms with Crippen molar-refractivity contribution in [3.05, 3.63) is 29.3 Å². The minimum Gasteiger partial charge on any atom is -0.481 e. The van der Waals surface area contributed by atoms with Crippen LogP contribution in [0.2, 0.25) is 0 Å². The van der Waals surface area contributed by atoms with Crippen molar-refractivity contribution < 1.29 is 19.4 Å². The molecule has 0 fully saturated rings. The molecule has 1 aromatic rings. The van der Waals surface area contributed by atoms with Gasteiger partial charge in [-0.05, 0) is 37.5 Å². The van der Waals surface area contributed by atoms with Gasteiger partial charge in [0.2, 0.25) is 0 Å². The number of carbonyl (C=O) groups is 2. The third-order valence-electron chi connectivity index (χ3n) is 2.87. The summed E-state index contributed by atoms with van der Waals surface area (Å²) in [4.78, 5) is 21.7. The topological polar surface area (TPSA) is 87.7 Å². The number of rotatable bonds is 7. The van der Waals surface area contributed by atoms with Gasteiger partial charge in [-0.3, -0.25) is 4.79 Å². The van der Waals surface area contributed by atoms with E-state index in [-0.39, 0.29) is 19.2 Å². The Labute approximate surface area is 118 Å². The maximum Gasteiger partial charge on any atom is 0.317 e. The summed E-state index contributed by atoms with van der Waals surface area (Å²) in [6, 6.07) is 5.35. The van der Waals surface area contributed by atoms with E-state index in [0.29, 0.717) is 13.0 Å². The molecular weight excluding hydrogens is 260 g/mol. The van der Waals surface area contributed by atoms with Gasteiger partial charge < -0.3 is 20.5 Å².